The van der Waals surface area contributed by atoms with Crippen LogP contribution in [-0.4, -0.2) is 12.7 Å². The van der Waals surface area contributed by atoms with Crippen LogP contribution in [0.3, 0.4) is 0 Å². The summed E-state index contributed by atoms with van der Waals surface area (Å²) >= 11 is 0. The van der Waals surface area contributed by atoms with Crippen molar-refractivity contribution in [2.24, 2.45) is 0 Å². The molecule has 0 aliphatic carbocycles. The molecule has 0 unspecified atom stereocenters. The van der Waals surface area contributed by atoms with Crippen molar-refractivity contribution >= 4 is 13.4 Å². The van der Waals surface area contributed by atoms with E-state index in [4.69, 9.17) is 16.0 Å². The summed E-state index contributed by atoms with van der Waals surface area (Å²) in [5.41, 5.74) is 6.25. The lowest BCUT2D eigenvalue weighted by atomic mass is 10.2. The van der Waals surface area contributed by atoms with Gasteiger partial charge in [0.15, 0.2) is 0 Å². The summed E-state index contributed by atoms with van der Waals surface area (Å²) in [4.78, 5) is 0. The van der Waals surface area contributed by atoms with Gasteiger partial charge in [-0.2, -0.15) is 5.26 Å². The third-order valence-corrected chi connectivity index (χ3v) is 1.32. The summed E-state index contributed by atoms with van der Waals surface area (Å²) in [5, 5.41) is 16.8. The smallest absolute Gasteiger partial charge is 0.536 e. The molecule has 4 nitrogen and oxygen atoms in total. The molecular weight excluding hydrogens is 155 g/mol. The van der Waals surface area contributed by atoms with Gasteiger partial charge in [0.25, 0.3) is 0 Å². The van der Waals surface area contributed by atoms with Crippen molar-refractivity contribution < 1.29 is 9.68 Å². The number of hydrogen-bond acceptors (Lipinski definition) is 4. The van der Waals surface area contributed by atoms with Crippen LogP contribution >= 0.6 is 0 Å². The lowest BCUT2D eigenvalue weighted by Crippen LogP contribution is -2.02. The largest absolute Gasteiger partial charge is 0.569 e. The van der Waals surface area contributed by atoms with Gasteiger partial charge in [0.2, 0.25) is 0 Å². The molecule has 5 heteroatoms. The SMILES string of the molecule is N#Cc1ccc(O[B]O)c(N)c1. The lowest BCUT2D eigenvalue weighted by Gasteiger charge is -2.04. The molecule has 0 fully saturated rings. The van der Waals surface area contributed by atoms with Crippen molar-refractivity contribution in [2.45, 2.75) is 0 Å². The molecule has 0 saturated heterocycles. The van der Waals surface area contributed by atoms with E-state index in [9.17, 15) is 0 Å². The first kappa shape index (κ1) is 8.43. The quantitative estimate of drug-likeness (QED) is 0.474. The zero-order valence-corrected chi connectivity index (χ0v) is 6.19. The number of rotatable bonds is 2. The van der Waals surface area contributed by atoms with Crippen LogP contribution in [0.15, 0.2) is 18.2 Å². The number of anilines is 1. The summed E-state index contributed by atoms with van der Waals surface area (Å²) in [6.07, 6.45) is 0. The Bertz CT molecular complexity index is 322. The van der Waals surface area contributed by atoms with Crippen molar-refractivity contribution in [2.75, 3.05) is 5.73 Å². The molecule has 0 atom stereocenters. The first-order valence-corrected chi connectivity index (χ1v) is 3.20. The molecular formula is C7H6BN2O2. The highest BCUT2D eigenvalue weighted by atomic mass is 16.5. The fourth-order valence-electron chi connectivity index (χ4n) is 0.782. The van der Waals surface area contributed by atoms with E-state index in [1.807, 2.05) is 6.07 Å². The number of nitriles is 1. The van der Waals surface area contributed by atoms with E-state index in [2.05, 4.69) is 4.65 Å². The van der Waals surface area contributed by atoms with Gasteiger partial charge >= 0.3 is 7.69 Å². The van der Waals surface area contributed by atoms with Crippen LogP contribution in [0.2, 0.25) is 0 Å². The molecule has 0 bridgehead atoms. The van der Waals surface area contributed by atoms with E-state index >= 15 is 0 Å². The minimum atomic E-state index is 0.319. The summed E-state index contributed by atoms with van der Waals surface area (Å²) in [6.45, 7) is 0. The van der Waals surface area contributed by atoms with Gasteiger partial charge in [-0.15, -0.1) is 0 Å². The van der Waals surface area contributed by atoms with Gasteiger partial charge in [0, 0.05) is 0 Å². The topological polar surface area (TPSA) is 79.3 Å². The average molecular weight is 161 g/mol. The third-order valence-electron chi connectivity index (χ3n) is 1.32. The summed E-state index contributed by atoms with van der Waals surface area (Å²) < 4.78 is 4.63. The monoisotopic (exact) mass is 161 g/mol. The second kappa shape index (κ2) is 3.65. The Kier molecular flexibility index (Phi) is 2.56. The Morgan fingerprint density at radius 3 is 2.83 bits per heavy atom. The van der Waals surface area contributed by atoms with E-state index < -0.39 is 0 Å². The van der Waals surface area contributed by atoms with Crippen molar-refractivity contribution in [1.82, 2.24) is 0 Å². The minimum absolute atomic E-state index is 0.319. The molecule has 0 heterocycles. The lowest BCUT2D eigenvalue weighted by molar-refractivity contribution is 0.455. The van der Waals surface area contributed by atoms with Crippen LogP contribution in [0.5, 0.6) is 5.75 Å². The first-order valence-electron chi connectivity index (χ1n) is 3.20. The number of nitrogens with two attached hydrogens (primary N) is 1. The second-order valence-corrected chi connectivity index (χ2v) is 2.09. The molecule has 0 aromatic heterocycles. The van der Waals surface area contributed by atoms with E-state index in [0.29, 0.717) is 24.7 Å². The molecule has 1 rings (SSSR count). The van der Waals surface area contributed by atoms with Crippen molar-refractivity contribution in [1.29, 1.82) is 5.26 Å². The number of nitrogens with zero attached hydrogens (tertiary/aromatic N) is 1. The van der Waals surface area contributed by atoms with Crippen LogP contribution < -0.4 is 10.4 Å². The summed E-state index contributed by atoms with van der Waals surface area (Å²) in [6, 6.07) is 6.47. The molecule has 3 N–H and O–H groups in total. The maximum Gasteiger partial charge on any atom is 0.569 e. The molecule has 1 aromatic carbocycles. The molecule has 12 heavy (non-hydrogen) atoms. The fourth-order valence-corrected chi connectivity index (χ4v) is 0.782. The van der Waals surface area contributed by atoms with E-state index in [-0.39, 0.29) is 0 Å². The summed E-state index contributed by atoms with van der Waals surface area (Å²) in [7, 11) is 0.539. The molecule has 1 radical (unpaired) electrons. The Balaban J connectivity index is 2.97. The van der Waals surface area contributed by atoms with Crippen molar-refractivity contribution in [3.63, 3.8) is 0 Å². The highest BCUT2D eigenvalue weighted by molar-refractivity contribution is 6.17. The zero-order valence-electron chi connectivity index (χ0n) is 6.19. The van der Waals surface area contributed by atoms with Gasteiger partial charge in [0.05, 0.1) is 17.3 Å². The van der Waals surface area contributed by atoms with Gasteiger partial charge in [-0.05, 0) is 18.2 Å². The zero-order chi connectivity index (χ0) is 8.97. The van der Waals surface area contributed by atoms with Gasteiger partial charge in [-0.3, -0.25) is 0 Å². The normalized spacial score (nSPS) is 8.67. The predicted octanol–water partition coefficient (Wildman–Crippen LogP) is 0.0458. The summed E-state index contributed by atoms with van der Waals surface area (Å²) in [5.74, 6) is 0.330. The number of benzene rings is 1. The van der Waals surface area contributed by atoms with Gasteiger partial charge in [0.1, 0.15) is 5.75 Å². The third kappa shape index (κ3) is 1.68. The molecule has 1 aromatic rings. The molecule has 0 aliphatic heterocycles. The van der Waals surface area contributed by atoms with Crippen molar-refractivity contribution in [3.8, 4) is 11.8 Å². The second-order valence-electron chi connectivity index (χ2n) is 2.09. The molecule has 0 amide bonds. The van der Waals surface area contributed by atoms with Crippen molar-refractivity contribution in [3.05, 3.63) is 23.8 Å². The molecule has 0 saturated carbocycles. The van der Waals surface area contributed by atoms with Crippen LogP contribution in [0.25, 0.3) is 0 Å². The maximum absolute atomic E-state index is 8.48. The van der Waals surface area contributed by atoms with Gasteiger partial charge in [-0.25, -0.2) is 0 Å². The highest BCUT2D eigenvalue weighted by Crippen LogP contribution is 2.21. The average Bonchev–Trinajstić information content (AvgIpc) is 2.09. The fraction of sp³-hybridized carbons (Fsp3) is 0. The molecule has 0 spiro atoms. The first-order chi connectivity index (χ1) is 5.77. The van der Waals surface area contributed by atoms with E-state index in [1.165, 1.54) is 12.1 Å². The van der Waals surface area contributed by atoms with Crippen LogP contribution in [0.1, 0.15) is 5.56 Å². The van der Waals surface area contributed by atoms with Crippen LogP contribution in [-0.2, 0) is 0 Å². The van der Waals surface area contributed by atoms with Crippen LogP contribution in [0.4, 0.5) is 5.69 Å². The predicted molar refractivity (Wildman–Crippen MR) is 44.2 cm³/mol. The molecule has 59 valence electrons. The van der Waals surface area contributed by atoms with E-state index in [0.717, 1.165) is 0 Å². The Morgan fingerprint density at radius 2 is 2.33 bits per heavy atom. The van der Waals surface area contributed by atoms with Gasteiger partial charge in [-0.1, -0.05) is 0 Å². The Hall–Kier alpha value is -1.67. The minimum Gasteiger partial charge on any atom is -0.536 e. The highest BCUT2D eigenvalue weighted by Gasteiger charge is 2.01. The maximum atomic E-state index is 8.48. The molecule has 0 aliphatic rings. The number of hydrogen-bond donors (Lipinski definition) is 2. The standard InChI is InChI=1S/C7H6BN2O2/c9-4-5-1-2-7(12-8-11)6(10)3-5/h1-3,11H,10H2. The van der Waals surface area contributed by atoms with Gasteiger partial charge < -0.3 is 15.4 Å². The van der Waals surface area contributed by atoms with E-state index in [1.54, 1.807) is 6.07 Å². The van der Waals surface area contributed by atoms with Crippen LogP contribution in [0, 0.1) is 11.3 Å². The Morgan fingerprint density at radius 1 is 1.58 bits per heavy atom. The number of nitrogen functional groups attached to an aromatic ring is 1. The Labute approximate surface area is 70.5 Å².